The average molecular weight is 227 g/mol. The predicted octanol–water partition coefficient (Wildman–Crippen LogP) is 2.80. The molecule has 0 N–H and O–H groups in total. The van der Waals surface area contributed by atoms with Crippen molar-refractivity contribution in [2.24, 2.45) is 0 Å². The second-order valence-electron chi connectivity index (χ2n) is 2.52. The van der Waals surface area contributed by atoms with Gasteiger partial charge in [-0.05, 0) is 24.3 Å². The molecule has 12 heavy (non-hydrogen) atoms. The number of hydrogen-bond donors (Lipinski definition) is 0. The number of halogens is 2. The van der Waals surface area contributed by atoms with Gasteiger partial charge < -0.3 is 0 Å². The highest BCUT2D eigenvalue weighted by Gasteiger charge is 2.20. The molecule has 0 saturated heterocycles. The molecular formula is C9H4BrFO. The molecule has 0 bridgehead atoms. The second-order valence-corrected chi connectivity index (χ2v) is 3.37. The van der Waals surface area contributed by atoms with E-state index in [0.717, 1.165) is 4.47 Å². The summed E-state index contributed by atoms with van der Waals surface area (Å²) < 4.78 is 13.8. The molecule has 1 aliphatic carbocycles. The van der Waals surface area contributed by atoms with Crippen molar-refractivity contribution in [2.75, 3.05) is 0 Å². The van der Waals surface area contributed by atoms with Gasteiger partial charge >= 0.3 is 0 Å². The van der Waals surface area contributed by atoms with E-state index in [-0.39, 0.29) is 11.3 Å². The Morgan fingerprint density at radius 1 is 1.25 bits per heavy atom. The number of hydrogen-bond acceptors (Lipinski definition) is 1. The van der Waals surface area contributed by atoms with Crippen LogP contribution >= 0.6 is 15.9 Å². The van der Waals surface area contributed by atoms with Crippen LogP contribution in [-0.2, 0) is 0 Å². The molecule has 1 aromatic rings. The van der Waals surface area contributed by atoms with Crippen molar-refractivity contribution in [3.05, 3.63) is 39.6 Å². The van der Waals surface area contributed by atoms with Crippen molar-refractivity contribution >= 4 is 27.8 Å². The Labute approximate surface area is 77.0 Å². The molecule has 0 spiro atoms. The molecule has 0 atom stereocenters. The van der Waals surface area contributed by atoms with Crippen molar-refractivity contribution < 1.29 is 9.18 Å². The van der Waals surface area contributed by atoms with Gasteiger partial charge in [-0.25, -0.2) is 4.39 Å². The van der Waals surface area contributed by atoms with Crippen LogP contribution in [0.4, 0.5) is 4.39 Å². The minimum atomic E-state index is -0.455. The standard InChI is InChI=1S/C9H4BrFO/c10-6-2-3-7(11)9-5(6)1-4-8(9)12/h1-4H. The first-order valence-corrected chi connectivity index (χ1v) is 4.20. The number of allylic oxidation sites excluding steroid dienone is 1. The van der Waals surface area contributed by atoms with Gasteiger partial charge in [0.2, 0.25) is 0 Å². The molecule has 3 heteroatoms. The summed E-state index contributed by atoms with van der Waals surface area (Å²) >= 11 is 3.24. The highest BCUT2D eigenvalue weighted by molar-refractivity contribution is 9.10. The van der Waals surface area contributed by atoms with Crippen LogP contribution in [0.15, 0.2) is 22.7 Å². The number of carbonyl (C=O) groups excluding carboxylic acids is 1. The molecule has 0 radical (unpaired) electrons. The van der Waals surface area contributed by atoms with E-state index in [1.54, 1.807) is 12.1 Å². The third-order valence-electron chi connectivity index (χ3n) is 1.79. The van der Waals surface area contributed by atoms with Crippen LogP contribution < -0.4 is 0 Å². The Morgan fingerprint density at radius 2 is 2.00 bits per heavy atom. The summed E-state index contributed by atoms with van der Waals surface area (Å²) in [4.78, 5) is 11.1. The molecule has 0 fully saturated rings. The lowest BCUT2D eigenvalue weighted by molar-refractivity contribution is 0.104. The zero-order valence-corrected chi connectivity index (χ0v) is 7.56. The van der Waals surface area contributed by atoms with Gasteiger partial charge in [0.1, 0.15) is 5.82 Å². The van der Waals surface area contributed by atoms with Gasteiger partial charge in [-0.2, -0.15) is 0 Å². The van der Waals surface area contributed by atoms with Crippen molar-refractivity contribution in [2.45, 2.75) is 0 Å². The van der Waals surface area contributed by atoms with Gasteiger partial charge in [-0.1, -0.05) is 15.9 Å². The summed E-state index contributed by atoms with van der Waals surface area (Å²) in [5.41, 5.74) is 0.810. The fraction of sp³-hybridized carbons (Fsp3) is 0. The Hall–Kier alpha value is -0.960. The molecule has 0 aliphatic heterocycles. The molecule has 0 heterocycles. The summed E-state index contributed by atoms with van der Waals surface area (Å²) in [6, 6.07) is 2.88. The van der Waals surface area contributed by atoms with Crippen molar-refractivity contribution in [1.29, 1.82) is 0 Å². The van der Waals surface area contributed by atoms with E-state index in [4.69, 9.17) is 0 Å². The van der Waals surface area contributed by atoms with E-state index >= 15 is 0 Å². The summed E-state index contributed by atoms with van der Waals surface area (Å²) in [6.07, 6.45) is 2.99. The van der Waals surface area contributed by atoms with E-state index in [9.17, 15) is 9.18 Å². The van der Waals surface area contributed by atoms with Crippen molar-refractivity contribution in [1.82, 2.24) is 0 Å². The number of carbonyl (C=O) groups is 1. The van der Waals surface area contributed by atoms with Crippen LogP contribution in [0.3, 0.4) is 0 Å². The Morgan fingerprint density at radius 3 is 2.67 bits per heavy atom. The SMILES string of the molecule is O=C1C=Cc2c(Br)ccc(F)c21. The first-order valence-electron chi connectivity index (χ1n) is 3.40. The quantitative estimate of drug-likeness (QED) is 0.665. The fourth-order valence-corrected chi connectivity index (χ4v) is 1.69. The second kappa shape index (κ2) is 2.52. The van der Waals surface area contributed by atoms with E-state index in [2.05, 4.69) is 15.9 Å². The van der Waals surface area contributed by atoms with Crippen LogP contribution in [0, 0.1) is 5.82 Å². The maximum absolute atomic E-state index is 13.0. The Kier molecular flexibility index (Phi) is 1.61. The summed E-state index contributed by atoms with van der Waals surface area (Å²) in [5, 5.41) is 0. The number of rotatable bonds is 0. The molecule has 1 aliphatic rings. The van der Waals surface area contributed by atoms with E-state index in [1.807, 2.05) is 0 Å². The van der Waals surface area contributed by atoms with E-state index in [0.29, 0.717) is 5.56 Å². The van der Waals surface area contributed by atoms with E-state index < -0.39 is 5.82 Å². The molecular weight excluding hydrogens is 223 g/mol. The molecule has 60 valence electrons. The fourth-order valence-electron chi connectivity index (χ4n) is 1.22. The zero-order chi connectivity index (χ0) is 8.72. The third-order valence-corrected chi connectivity index (χ3v) is 2.48. The topological polar surface area (TPSA) is 17.1 Å². The number of benzene rings is 1. The van der Waals surface area contributed by atoms with Gasteiger partial charge in [0.15, 0.2) is 5.78 Å². The summed E-state index contributed by atoms with van der Waals surface area (Å²) in [7, 11) is 0. The molecule has 0 unspecified atom stereocenters. The normalized spacial score (nSPS) is 13.7. The average Bonchev–Trinajstić information content (AvgIpc) is 2.42. The maximum atomic E-state index is 13.0. The summed E-state index contributed by atoms with van der Waals surface area (Å²) in [5.74, 6) is -0.716. The maximum Gasteiger partial charge on any atom is 0.189 e. The minimum Gasteiger partial charge on any atom is -0.289 e. The summed E-state index contributed by atoms with van der Waals surface area (Å²) in [6.45, 7) is 0. The van der Waals surface area contributed by atoms with E-state index in [1.165, 1.54) is 12.1 Å². The Balaban J connectivity index is 2.79. The van der Waals surface area contributed by atoms with Gasteiger partial charge in [-0.15, -0.1) is 0 Å². The highest BCUT2D eigenvalue weighted by atomic mass is 79.9. The lowest BCUT2D eigenvalue weighted by Crippen LogP contribution is -1.96. The van der Waals surface area contributed by atoms with Gasteiger partial charge in [0.25, 0.3) is 0 Å². The molecule has 0 aromatic heterocycles. The Bertz CT molecular complexity index is 396. The minimum absolute atomic E-state index is 0.171. The monoisotopic (exact) mass is 226 g/mol. The van der Waals surface area contributed by atoms with Crippen LogP contribution in [-0.4, -0.2) is 5.78 Å². The predicted molar refractivity (Wildman–Crippen MR) is 47.5 cm³/mol. The number of ketones is 1. The van der Waals surface area contributed by atoms with Crippen molar-refractivity contribution in [3.8, 4) is 0 Å². The van der Waals surface area contributed by atoms with Gasteiger partial charge in [0.05, 0.1) is 5.56 Å². The molecule has 1 aromatic carbocycles. The van der Waals surface area contributed by atoms with Gasteiger partial charge in [-0.3, -0.25) is 4.79 Å². The molecule has 1 nitrogen and oxygen atoms in total. The smallest absolute Gasteiger partial charge is 0.189 e. The number of fused-ring (bicyclic) bond motifs is 1. The van der Waals surface area contributed by atoms with Crippen LogP contribution in [0.1, 0.15) is 15.9 Å². The van der Waals surface area contributed by atoms with Crippen LogP contribution in [0.5, 0.6) is 0 Å². The van der Waals surface area contributed by atoms with Crippen LogP contribution in [0.2, 0.25) is 0 Å². The lowest BCUT2D eigenvalue weighted by Gasteiger charge is -2.00. The largest absolute Gasteiger partial charge is 0.289 e. The van der Waals surface area contributed by atoms with Crippen LogP contribution in [0.25, 0.3) is 6.08 Å². The first kappa shape index (κ1) is 7.68. The zero-order valence-electron chi connectivity index (χ0n) is 5.97. The highest BCUT2D eigenvalue weighted by Crippen LogP contribution is 2.29. The third kappa shape index (κ3) is 0.932. The first-order chi connectivity index (χ1) is 5.70. The molecule has 2 rings (SSSR count). The van der Waals surface area contributed by atoms with Crippen molar-refractivity contribution in [3.63, 3.8) is 0 Å². The lowest BCUT2D eigenvalue weighted by atomic mass is 10.1. The molecule has 0 amide bonds. The molecule has 0 saturated carbocycles. The van der Waals surface area contributed by atoms with Gasteiger partial charge in [0, 0.05) is 10.0 Å².